The number of halogens is 1. The Bertz CT molecular complexity index is 788. The van der Waals surface area contributed by atoms with Crippen LogP contribution in [0.1, 0.15) is 26.5 Å². The molecule has 1 aromatic heterocycles. The molecule has 6 nitrogen and oxygen atoms in total. The highest BCUT2D eigenvalue weighted by molar-refractivity contribution is 7.89. The van der Waals surface area contributed by atoms with Crippen LogP contribution in [0.2, 0.25) is 5.02 Å². The Morgan fingerprint density at radius 2 is 2.12 bits per heavy atom. The number of hydrogen-bond donors (Lipinski definition) is 1. The molecule has 8 heteroatoms. The van der Waals surface area contributed by atoms with Gasteiger partial charge in [0.15, 0.2) is 0 Å². The van der Waals surface area contributed by atoms with Gasteiger partial charge in [0.1, 0.15) is 5.75 Å². The van der Waals surface area contributed by atoms with E-state index < -0.39 is 10.0 Å². The normalized spacial score (nSPS) is 11.9. The Balaban J connectivity index is 2.15. The number of benzene rings is 1. The van der Waals surface area contributed by atoms with Crippen molar-refractivity contribution in [3.05, 3.63) is 41.4 Å². The smallest absolute Gasteiger partial charge is 0.241 e. The van der Waals surface area contributed by atoms with Gasteiger partial charge in [0, 0.05) is 18.8 Å². The molecule has 0 aliphatic rings. The van der Waals surface area contributed by atoms with E-state index in [-0.39, 0.29) is 11.4 Å². The van der Waals surface area contributed by atoms with E-state index in [0.717, 1.165) is 12.2 Å². The molecule has 0 radical (unpaired) electrons. The third-order valence-electron chi connectivity index (χ3n) is 3.32. The predicted octanol–water partition coefficient (Wildman–Crippen LogP) is 3.07. The van der Waals surface area contributed by atoms with Crippen molar-refractivity contribution in [3.63, 3.8) is 0 Å². The van der Waals surface area contributed by atoms with Crippen molar-refractivity contribution in [2.75, 3.05) is 6.61 Å². The second-order valence-electron chi connectivity index (χ2n) is 5.78. The number of imidazole rings is 1. The highest BCUT2D eigenvalue weighted by atomic mass is 35.5. The molecule has 0 amide bonds. The van der Waals surface area contributed by atoms with Gasteiger partial charge in [0.2, 0.25) is 10.0 Å². The molecule has 132 valence electrons. The van der Waals surface area contributed by atoms with Crippen LogP contribution in [0, 0.1) is 5.92 Å². The van der Waals surface area contributed by atoms with Gasteiger partial charge in [0.25, 0.3) is 0 Å². The lowest BCUT2D eigenvalue weighted by Gasteiger charge is -2.12. The number of nitrogens with one attached hydrogen (secondary N) is 1. The van der Waals surface area contributed by atoms with Crippen LogP contribution in [0.5, 0.6) is 5.75 Å². The molecule has 0 spiro atoms. The topological polar surface area (TPSA) is 73.2 Å². The van der Waals surface area contributed by atoms with Crippen molar-refractivity contribution in [1.29, 1.82) is 0 Å². The number of rotatable bonds is 8. The van der Waals surface area contributed by atoms with Crippen LogP contribution in [0.15, 0.2) is 35.6 Å². The maximum Gasteiger partial charge on any atom is 0.241 e. The molecular formula is C16H22ClN3O3S. The summed E-state index contributed by atoms with van der Waals surface area (Å²) in [6, 6.07) is 4.41. The molecule has 0 aliphatic heterocycles. The van der Waals surface area contributed by atoms with E-state index in [2.05, 4.69) is 23.6 Å². The van der Waals surface area contributed by atoms with Gasteiger partial charge in [-0.05, 0) is 25.0 Å². The van der Waals surface area contributed by atoms with Crippen molar-refractivity contribution in [2.45, 2.75) is 38.8 Å². The van der Waals surface area contributed by atoms with Crippen molar-refractivity contribution < 1.29 is 13.2 Å². The molecule has 1 heterocycles. The van der Waals surface area contributed by atoms with Crippen LogP contribution >= 0.6 is 11.6 Å². The average Bonchev–Trinajstić information content (AvgIpc) is 2.94. The summed E-state index contributed by atoms with van der Waals surface area (Å²) < 4.78 is 34.9. The second kappa shape index (κ2) is 8.00. The van der Waals surface area contributed by atoms with Crippen LogP contribution in [0.3, 0.4) is 0 Å². The van der Waals surface area contributed by atoms with Crippen LogP contribution < -0.4 is 9.46 Å². The zero-order chi connectivity index (χ0) is 17.7. The Morgan fingerprint density at radius 3 is 2.79 bits per heavy atom. The lowest BCUT2D eigenvalue weighted by Crippen LogP contribution is -2.25. The Morgan fingerprint density at radius 1 is 1.38 bits per heavy atom. The van der Waals surface area contributed by atoms with E-state index in [1.807, 2.05) is 11.5 Å². The van der Waals surface area contributed by atoms with Crippen LogP contribution in [-0.2, 0) is 23.1 Å². The molecule has 1 aromatic carbocycles. The highest BCUT2D eigenvalue weighted by Gasteiger charge is 2.17. The third kappa shape index (κ3) is 4.72. The molecule has 0 unspecified atom stereocenters. The van der Waals surface area contributed by atoms with Gasteiger partial charge in [0.05, 0.1) is 35.1 Å². The lowest BCUT2D eigenvalue weighted by atomic mass is 10.2. The first-order chi connectivity index (χ1) is 11.3. The second-order valence-corrected chi connectivity index (χ2v) is 7.96. The molecule has 2 rings (SSSR count). The largest absolute Gasteiger partial charge is 0.492 e. The monoisotopic (exact) mass is 371 g/mol. The van der Waals surface area contributed by atoms with E-state index in [0.29, 0.717) is 23.3 Å². The minimum absolute atomic E-state index is 0.116. The molecule has 0 saturated heterocycles. The lowest BCUT2D eigenvalue weighted by molar-refractivity contribution is 0.339. The third-order valence-corrected chi connectivity index (χ3v) is 5.03. The van der Waals surface area contributed by atoms with E-state index in [9.17, 15) is 8.42 Å². The van der Waals surface area contributed by atoms with Gasteiger partial charge in [-0.2, -0.15) is 0 Å². The fourth-order valence-electron chi connectivity index (χ4n) is 2.22. The summed E-state index contributed by atoms with van der Waals surface area (Å²) in [4.78, 5) is 4.21. The molecule has 0 fully saturated rings. The van der Waals surface area contributed by atoms with Gasteiger partial charge in [-0.1, -0.05) is 25.4 Å². The number of nitrogens with zero attached hydrogens (tertiary/aromatic N) is 2. The first-order valence-corrected chi connectivity index (χ1v) is 9.60. The fourth-order valence-corrected chi connectivity index (χ4v) is 3.41. The minimum Gasteiger partial charge on any atom is -0.492 e. The van der Waals surface area contributed by atoms with Crippen LogP contribution in [0.4, 0.5) is 0 Å². The molecule has 0 aliphatic carbocycles. The number of aromatic nitrogens is 2. The molecule has 0 atom stereocenters. The first-order valence-electron chi connectivity index (χ1n) is 7.74. The SMILES string of the molecule is CCOc1cc(S(=O)(=O)NCc2cncn2CC(C)C)ccc1Cl. The molecule has 1 N–H and O–H groups in total. The summed E-state index contributed by atoms with van der Waals surface area (Å²) in [5.41, 5.74) is 0.811. The quantitative estimate of drug-likeness (QED) is 0.773. The molecule has 0 saturated carbocycles. The van der Waals surface area contributed by atoms with E-state index in [1.54, 1.807) is 12.5 Å². The van der Waals surface area contributed by atoms with Gasteiger partial charge < -0.3 is 9.30 Å². The Kier molecular flexibility index (Phi) is 6.26. The van der Waals surface area contributed by atoms with Gasteiger partial charge in [-0.15, -0.1) is 0 Å². The van der Waals surface area contributed by atoms with Crippen LogP contribution in [-0.4, -0.2) is 24.6 Å². The predicted molar refractivity (Wildman–Crippen MR) is 93.7 cm³/mol. The maximum atomic E-state index is 12.5. The van der Waals surface area contributed by atoms with E-state index >= 15 is 0 Å². The molecular weight excluding hydrogens is 350 g/mol. The summed E-state index contributed by atoms with van der Waals surface area (Å²) in [5, 5.41) is 0.380. The summed E-state index contributed by atoms with van der Waals surface area (Å²) in [6.07, 6.45) is 3.37. The summed E-state index contributed by atoms with van der Waals surface area (Å²) in [5.74, 6) is 0.798. The Hall–Kier alpha value is -1.57. The van der Waals surface area contributed by atoms with Crippen LogP contribution in [0.25, 0.3) is 0 Å². The standard InChI is InChI=1S/C16H22ClN3O3S/c1-4-23-16-7-14(5-6-15(16)17)24(21,22)19-9-13-8-18-11-20(13)10-12(2)3/h5-8,11-12,19H,4,9-10H2,1-3H3. The minimum atomic E-state index is -3.67. The number of sulfonamides is 1. The fraction of sp³-hybridized carbons (Fsp3) is 0.438. The molecule has 2 aromatic rings. The molecule has 24 heavy (non-hydrogen) atoms. The van der Waals surface area contributed by atoms with Crippen molar-refractivity contribution in [1.82, 2.24) is 14.3 Å². The van der Waals surface area contributed by atoms with Gasteiger partial charge in [-0.25, -0.2) is 18.1 Å². The zero-order valence-electron chi connectivity index (χ0n) is 14.0. The van der Waals surface area contributed by atoms with Crippen molar-refractivity contribution >= 4 is 21.6 Å². The maximum absolute atomic E-state index is 12.5. The summed E-state index contributed by atoms with van der Waals surface area (Å²) in [6.45, 7) is 7.36. The highest BCUT2D eigenvalue weighted by Crippen LogP contribution is 2.27. The van der Waals surface area contributed by atoms with E-state index in [1.165, 1.54) is 18.2 Å². The first kappa shape index (κ1) is 18.8. The van der Waals surface area contributed by atoms with Crippen molar-refractivity contribution in [3.8, 4) is 5.75 Å². The average molecular weight is 372 g/mol. The Labute approximate surface area is 147 Å². The van der Waals surface area contributed by atoms with Crippen molar-refractivity contribution in [2.24, 2.45) is 5.92 Å². The summed E-state index contributed by atoms with van der Waals surface area (Å²) >= 11 is 6.00. The molecule has 0 bridgehead atoms. The zero-order valence-corrected chi connectivity index (χ0v) is 15.6. The van der Waals surface area contributed by atoms with Gasteiger partial charge in [-0.3, -0.25) is 0 Å². The number of ether oxygens (including phenoxy) is 1. The summed E-state index contributed by atoms with van der Waals surface area (Å²) in [7, 11) is -3.67. The van der Waals surface area contributed by atoms with Gasteiger partial charge >= 0.3 is 0 Å². The van der Waals surface area contributed by atoms with E-state index in [4.69, 9.17) is 16.3 Å². The number of hydrogen-bond acceptors (Lipinski definition) is 4.